The summed E-state index contributed by atoms with van der Waals surface area (Å²) in [5.74, 6) is -0.456. The van der Waals surface area contributed by atoms with Crippen molar-refractivity contribution < 1.29 is 24.2 Å². The number of benzene rings is 1. The van der Waals surface area contributed by atoms with Crippen LogP contribution >= 0.6 is 11.6 Å². The topological polar surface area (TPSA) is 116 Å². The van der Waals surface area contributed by atoms with Crippen LogP contribution in [0, 0.1) is 0 Å². The fraction of sp³-hybridized carbons (Fsp3) is 0.111. The monoisotopic (exact) mass is 402 g/mol. The molecule has 28 heavy (non-hydrogen) atoms. The zero-order valence-corrected chi connectivity index (χ0v) is 15.4. The Morgan fingerprint density at radius 2 is 2.00 bits per heavy atom. The number of halogens is 1. The second kappa shape index (κ2) is 8.40. The van der Waals surface area contributed by atoms with Crippen LogP contribution in [-0.4, -0.2) is 39.0 Å². The molecule has 9 nitrogen and oxygen atoms in total. The maximum atomic E-state index is 12.0. The van der Waals surface area contributed by atoms with Gasteiger partial charge in [-0.15, -0.1) is 5.10 Å². The van der Waals surface area contributed by atoms with Gasteiger partial charge in [-0.25, -0.2) is 19.3 Å². The van der Waals surface area contributed by atoms with Crippen LogP contribution in [0.3, 0.4) is 0 Å². The van der Waals surface area contributed by atoms with Gasteiger partial charge in [0.1, 0.15) is 12.4 Å². The quantitative estimate of drug-likeness (QED) is 0.649. The number of hydrogen-bond donors (Lipinski definition) is 2. The molecule has 10 heteroatoms. The summed E-state index contributed by atoms with van der Waals surface area (Å²) in [7, 11) is 1.56. The van der Waals surface area contributed by atoms with Gasteiger partial charge in [0.15, 0.2) is 17.3 Å². The normalized spacial score (nSPS) is 10.4. The molecular weight excluding hydrogens is 388 g/mol. The van der Waals surface area contributed by atoms with Crippen LogP contribution in [0.4, 0.5) is 10.6 Å². The number of carbonyl (C=O) groups excluding carboxylic acids is 1. The Kier molecular flexibility index (Phi) is 5.75. The van der Waals surface area contributed by atoms with Crippen molar-refractivity contribution in [3.05, 3.63) is 64.9 Å². The lowest BCUT2D eigenvalue weighted by Crippen LogP contribution is -2.14. The first-order valence-corrected chi connectivity index (χ1v) is 8.36. The van der Waals surface area contributed by atoms with Crippen molar-refractivity contribution in [2.45, 2.75) is 6.61 Å². The second-order valence-corrected chi connectivity index (χ2v) is 5.90. The highest BCUT2D eigenvalue weighted by Gasteiger charge is 2.19. The summed E-state index contributed by atoms with van der Waals surface area (Å²) in [5.41, 5.74) is 0.541. The number of carboxylic acid groups (broad SMARTS) is 1. The Morgan fingerprint density at radius 3 is 2.64 bits per heavy atom. The molecule has 0 unspecified atom stereocenters. The molecule has 2 aromatic heterocycles. The Balaban J connectivity index is 1.71. The standard InChI is InChI=1S/C18H15ClN4O5/c1-27-12-6-4-11(5-7-12)10-28-18(26)21-15-9-14(17(24)25)23(22-15)16-13(19)3-2-8-20-16/h2-9H,10H2,1H3,(H,24,25)(H,21,22,26). The molecule has 0 atom stereocenters. The van der Waals surface area contributed by atoms with E-state index in [0.29, 0.717) is 5.75 Å². The smallest absolute Gasteiger partial charge is 0.413 e. The Bertz CT molecular complexity index is 1000. The molecule has 3 rings (SSSR count). The highest BCUT2D eigenvalue weighted by atomic mass is 35.5. The number of amides is 1. The number of nitrogens with one attached hydrogen (secondary N) is 1. The first-order valence-electron chi connectivity index (χ1n) is 7.99. The van der Waals surface area contributed by atoms with Crippen LogP contribution in [0.15, 0.2) is 48.7 Å². The average molecular weight is 403 g/mol. The number of anilines is 1. The van der Waals surface area contributed by atoms with Gasteiger partial charge in [0.25, 0.3) is 0 Å². The number of hydrogen-bond acceptors (Lipinski definition) is 6. The molecule has 3 aromatic rings. The van der Waals surface area contributed by atoms with E-state index in [2.05, 4.69) is 15.4 Å². The fourth-order valence-electron chi connectivity index (χ4n) is 2.30. The van der Waals surface area contributed by atoms with Gasteiger partial charge in [0, 0.05) is 12.3 Å². The van der Waals surface area contributed by atoms with E-state index in [1.165, 1.54) is 12.3 Å². The number of carbonyl (C=O) groups is 2. The molecule has 0 aliphatic carbocycles. The van der Waals surface area contributed by atoms with Crippen molar-refractivity contribution in [2.24, 2.45) is 0 Å². The first kappa shape index (κ1) is 19.2. The molecule has 0 aliphatic heterocycles. The maximum Gasteiger partial charge on any atom is 0.413 e. The Hall–Kier alpha value is -3.59. The SMILES string of the molecule is COc1ccc(COC(=O)Nc2cc(C(=O)O)n(-c3ncccc3Cl)n2)cc1. The highest BCUT2D eigenvalue weighted by Crippen LogP contribution is 2.21. The average Bonchev–Trinajstić information content (AvgIpc) is 3.11. The summed E-state index contributed by atoms with van der Waals surface area (Å²) < 4.78 is 11.2. The molecule has 0 spiro atoms. The van der Waals surface area contributed by atoms with Crippen LogP contribution in [0.25, 0.3) is 5.82 Å². The predicted octanol–water partition coefficient (Wildman–Crippen LogP) is 3.38. The summed E-state index contributed by atoms with van der Waals surface area (Å²) in [6.45, 7) is 0.0222. The second-order valence-electron chi connectivity index (χ2n) is 5.49. The van der Waals surface area contributed by atoms with Crippen molar-refractivity contribution in [3.63, 3.8) is 0 Å². The van der Waals surface area contributed by atoms with Crippen LogP contribution in [-0.2, 0) is 11.3 Å². The molecule has 2 heterocycles. The number of rotatable bonds is 6. The molecule has 1 amide bonds. The third-order valence-corrected chi connectivity index (χ3v) is 3.92. The van der Waals surface area contributed by atoms with E-state index in [4.69, 9.17) is 21.1 Å². The van der Waals surface area contributed by atoms with E-state index < -0.39 is 12.1 Å². The van der Waals surface area contributed by atoms with Gasteiger partial charge < -0.3 is 14.6 Å². The fourth-order valence-corrected chi connectivity index (χ4v) is 2.50. The summed E-state index contributed by atoms with van der Waals surface area (Å²) in [4.78, 5) is 27.5. The number of carboxylic acids is 1. The van der Waals surface area contributed by atoms with E-state index in [-0.39, 0.29) is 29.0 Å². The third kappa shape index (κ3) is 4.38. The van der Waals surface area contributed by atoms with Crippen LogP contribution in [0.5, 0.6) is 5.75 Å². The van der Waals surface area contributed by atoms with E-state index in [9.17, 15) is 14.7 Å². The Morgan fingerprint density at radius 1 is 1.25 bits per heavy atom. The first-order chi connectivity index (χ1) is 13.5. The minimum absolute atomic E-state index is 0.0150. The lowest BCUT2D eigenvalue weighted by molar-refractivity contribution is 0.0686. The molecule has 2 N–H and O–H groups in total. The number of methoxy groups -OCH3 is 1. The zero-order valence-electron chi connectivity index (χ0n) is 14.6. The van der Waals surface area contributed by atoms with E-state index in [1.54, 1.807) is 43.5 Å². The summed E-state index contributed by atoms with van der Waals surface area (Å²) in [5, 5.41) is 16.0. The van der Waals surface area contributed by atoms with Crippen molar-refractivity contribution in [2.75, 3.05) is 12.4 Å². The van der Waals surface area contributed by atoms with Crippen molar-refractivity contribution in [1.82, 2.24) is 14.8 Å². The van der Waals surface area contributed by atoms with E-state index in [1.807, 2.05) is 0 Å². The third-order valence-electron chi connectivity index (χ3n) is 3.63. The largest absolute Gasteiger partial charge is 0.497 e. The molecule has 0 saturated carbocycles. The van der Waals surface area contributed by atoms with E-state index in [0.717, 1.165) is 10.2 Å². The van der Waals surface area contributed by atoms with Gasteiger partial charge in [0.2, 0.25) is 0 Å². The van der Waals surface area contributed by atoms with Crippen LogP contribution < -0.4 is 10.1 Å². The molecule has 144 valence electrons. The summed E-state index contributed by atoms with van der Waals surface area (Å²) in [6.07, 6.45) is 0.662. The van der Waals surface area contributed by atoms with Gasteiger partial charge in [-0.2, -0.15) is 0 Å². The number of aromatic nitrogens is 3. The minimum atomic E-state index is -1.26. The van der Waals surface area contributed by atoms with Gasteiger partial charge in [-0.05, 0) is 29.8 Å². The van der Waals surface area contributed by atoms with Gasteiger partial charge >= 0.3 is 12.1 Å². The molecule has 1 aromatic carbocycles. The van der Waals surface area contributed by atoms with Gasteiger partial charge in [0.05, 0.1) is 12.1 Å². The Labute approximate surface area is 164 Å². The van der Waals surface area contributed by atoms with Crippen LogP contribution in [0.2, 0.25) is 5.02 Å². The predicted molar refractivity (Wildman–Crippen MR) is 100 cm³/mol. The minimum Gasteiger partial charge on any atom is -0.497 e. The number of aromatic carboxylic acids is 1. The van der Waals surface area contributed by atoms with Crippen molar-refractivity contribution in [3.8, 4) is 11.6 Å². The number of ether oxygens (including phenoxy) is 2. The van der Waals surface area contributed by atoms with Gasteiger partial charge in [-0.3, -0.25) is 5.32 Å². The highest BCUT2D eigenvalue weighted by molar-refractivity contribution is 6.32. The van der Waals surface area contributed by atoms with Crippen LogP contribution in [0.1, 0.15) is 16.1 Å². The molecule has 0 bridgehead atoms. The zero-order chi connectivity index (χ0) is 20.1. The maximum absolute atomic E-state index is 12.0. The van der Waals surface area contributed by atoms with Crippen molar-refractivity contribution in [1.29, 1.82) is 0 Å². The summed E-state index contributed by atoms with van der Waals surface area (Å²) >= 11 is 6.05. The van der Waals surface area contributed by atoms with Gasteiger partial charge in [-0.1, -0.05) is 23.7 Å². The molecular formula is C18H15ClN4O5. The number of pyridine rings is 1. The molecule has 0 fully saturated rings. The van der Waals surface area contributed by atoms with Crippen molar-refractivity contribution >= 4 is 29.5 Å². The lowest BCUT2D eigenvalue weighted by atomic mass is 10.2. The number of nitrogens with zero attached hydrogens (tertiary/aromatic N) is 3. The molecule has 0 radical (unpaired) electrons. The van der Waals surface area contributed by atoms with E-state index >= 15 is 0 Å². The molecule has 0 aliphatic rings. The lowest BCUT2D eigenvalue weighted by Gasteiger charge is -2.06. The summed E-state index contributed by atoms with van der Waals surface area (Å²) in [6, 6.07) is 11.3. The molecule has 0 saturated heterocycles.